The van der Waals surface area contributed by atoms with E-state index in [1.165, 1.54) is 4.31 Å². The zero-order valence-electron chi connectivity index (χ0n) is 11.6. The number of nitrogens with two attached hydrogens (primary N) is 1. The van der Waals surface area contributed by atoms with Crippen molar-refractivity contribution >= 4 is 21.4 Å². The SMILES string of the molecule is Cc1ccccc1N(C)S(=O)(=O)Cc1ccc(N)cc1. The van der Waals surface area contributed by atoms with Crippen LogP contribution in [0.4, 0.5) is 11.4 Å². The van der Waals surface area contributed by atoms with Crippen molar-refractivity contribution in [3.63, 3.8) is 0 Å². The first-order chi connectivity index (χ1) is 9.40. The highest BCUT2D eigenvalue weighted by Gasteiger charge is 2.20. The van der Waals surface area contributed by atoms with E-state index in [2.05, 4.69) is 0 Å². The Labute approximate surface area is 119 Å². The molecule has 20 heavy (non-hydrogen) atoms. The van der Waals surface area contributed by atoms with Crippen LogP contribution >= 0.6 is 0 Å². The maximum atomic E-state index is 12.4. The Morgan fingerprint density at radius 2 is 1.65 bits per heavy atom. The molecule has 106 valence electrons. The molecule has 0 aliphatic heterocycles. The highest BCUT2D eigenvalue weighted by atomic mass is 32.2. The Hall–Kier alpha value is -2.01. The summed E-state index contributed by atoms with van der Waals surface area (Å²) in [6, 6.07) is 14.3. The minimum absolute atomic E-state index is 0.0435. The van der Waals surface area contributed by atoms with E-state index in [4.69, 9.17) is 5.73 Å². The molecule has 0 saturated heterocycles. The lowest BCUT2D eigenvalue weighted by atomic mass is 10.2. The second-order valence-electron chi connectivity index (χ2n) is 4.75. The number of sulfonamides is 1. The fourth-order valence-electron chi connectivity index (χ4n) is 1.99. The van der Waals surface area contributed by atoms with Crippen LogP contribution in [0.5, 0.6) is 0 Å². The normalized spacial score (nSPS) is 11.3. The van der Waals surface area contributed by atoms with Crippen molar-refractivity contribution < 1.29 is 8.42 Å². The van der Waals surface area contributed by atoms with Crippen molar-refractivity contribution in [3.8, 4) is 0 Å². The van der Waals surface area contributed by atoms with Crippen molar-refractivity contribution in [2.45, 2.75) is 12.7 Å². The van der Waals surface area contributed by atoms with E-state index in [1.54, 1.807) is 37.4 Å². The predicted molar refractivity (Wildman–Crippen MR) is 83.1 cm³/mol. The molecule has 5 heteroatoms. The first kappa shape index (κ1) is 14.4. The molecule has 2 N–H and O–H groups in total. The Bertz CT molecular complexity index is 694. The summed E-state index contributed by atoms with van der Waals surface area (Å²) in [4.78, 5) is 0. The van der Waals surface area contributed by atoms with Crippen molar-refractivity contribution in [2.75, 3.05) is 17.1 Å². The van der Waals surface area contributed by atoms with Crippen LogP contribution in [0.15, 0.2) is 48.5 Å². The van der Waals surface area contributed by atoms with E-state index < -0.39 is 10.0 Å². The molecule has 0 aliphatic rings. The van der Waals surface area contributed by atoms with Gasteiger partial charge in [-0.05, 0) is 36.2 Å². The minimum atomic E-state index is -3.41. The number of hydrogen-bond acceptors (Lipinski definition) is 3. The first-order valence-electron chi connectivity index (χ1n) is 6.27. The van der Waals surface area contributed by atoms with Crippen LogP contribution in [0.2, 0.25) is 0 Å². The van der Waals surface area contributed by atoms with Gasteiger partial charge in [0.05, 0.1) is 11.4 Å². The fourth-order valence-corrected chi connectivity index (χ4v) is 3.30. The van der Waals surface area contributed by atoms with Gasteiger partial charge in [-0.2, -0.15) is 0 Å². The van der Waals surface area contributed by atoms with Crippen molar-refractivity contribution in [1.29, 1.82) is 0 Å². The van der Waals surface area contributed by atoms with E-state index in [0.717, 1.165) is 11.1 Å². The van der Waals surface area contributed by atoms with Crippen LogP contribution in [0.25, 0.3) is 0 Å². The van der Waals surface area contributed by atoms with Gasteiger partial charge in [0.15, 0.2) is 0 Å². The summed E-state index contributed by atoms with van der Waals surface area (Å²) < 4.78 is 26.2. The van der Waals surface area contributed by atoms with Crippen LogP contribution in [-0.4, -0.2) is 15.5 Å². The van der Waals surface area contributed by atoms with Crippen LogP contribution in [0.3, 0.4) is 0 Å². The zero-order valence-corrected chi connectivity index (χ0v) is 12.4. The number of benzene rings is 2. The molecule has 0 heterocycles. The van der Waals surface area contributed by atoms with E-state index in [1.807, 2.05) is 25.1 Å². The Balaban J connectivity index is 2.26. The maximum absolute atomic E-state index is 12.4. The quantitative estimate of drug-likeness (QED) is 0.880. The summed E-state index contributed by atoms with van der Waals surface area (Å²) in [6.45, 7) is 1.89. The molecule has 0 aliphatic carbocycles. The molecule has 0 saturated carbocycles. The Kier molecular flexibility index (Phi) is 3.99. The van der Waals surface area contributed by atoms with Gasteiger partial charge < -0.3 is 5.73 Å². The number of anilines is 2. The third kappa shape index (κ3) is 3.11. The van der Waals surface area contributed by atoms with Crippen molar-refractivity contribution in [2.24, 2.45) is 0 Å². The maximum Gasteiger partial charge on any atom is 0.239 e. The molecule has 0 fully saturated rings. The summed E-state index contributed by atoms with van der Waals surface area (Å²) >= 11 is 0. The van der Waals surface area contributed by atoms with E-state index >= 15 is 0 Å². The van der Waals surface area contributed by atoms with Crippen molar-refractivity contribution in [1.82, 2.24) is 0 Å². The molecule has 4 nitrogen and oxygen atoms in total. The largest absolute Gasteiger partial charge is 0.399 e. The lowest BCUT2D eigenvalue weighted by Crippen LogP contribution is -2.28. The number of hydrogen-bond donors (Lipinski definition) is 1. The molecule has 0 aromatic heterocycles. The molecule has 2 rings (SSSR count). The first-order valence-corrected chi connectivity index (χ1v) is 7.88. The number of nitrogen functional groups attached to an aromatic ring is 1. The van der Waals surface area contributed by atoms with Gasteiger partial charge in [-0.1, -0.05) is 30.3 Å². The van der Waals surface area contributed by atoms with Gasteiger partial charge >= 0.3 is 0 Å². The molecule has 0 atom stereocenters. The third-order valence-corrected chi connectivity index (χ3v) is 4.93. The van der Waals surface area contributed by atoms with Gasteiger partial charge in [-0.3, -0.25) is 4.31 Å². The molecule has 0 spiro atoms. The highest BCUT2D eigenvalue weighted by molar-refractivity contribution is 7.92. The standard InChI is InChI=1S/C15H18N2O2S/c1-12-5-3-4-6-15(12)17(2)20(18,19)11-13-7-9-14(16)10-8-13/h3-10H,11,16H2,1-2H3. The van der Waals surface area contributed by atoms with Gasteiger partial charge in [0.25, 0.3) is 0 Å². The Morgan fingerprint density at radius 1 is 1.05 bits per heavy atom. The fraction of sp³-hybridized carbons (Fsp3) is 0.200. The summed E-state index contributed by atoms with van der Waals surface area (Å²) in [6.07, 6.45) is 0. The number of nitrogens with zero attached hydrogens (tertiary/aromatic N) is 1. The zero-order chi connectivity index (χ0) is 14.8. The molecular weight excluding hydrogens is 272 g/mol. The topological polar surface area (TPSA) is 63.4 Å². The van der Waals surface area contributed by atoms with Crippen molar-refractivity contribution in [3.05, 3.63) is 59.7 Å². The summed E-state index contributed by atoms with van der Waals surface area (Å²) in [5, 5.41) is 0. The number of aryl methyl sites for hydroxylation is 1. The van der Waals surface area contributed by atoms with Gasteiger partial charge in [-0.15, -0.1) is 0 Å². The van der Waals surface area contributed by atoms with Gasteiger partial charge in [0.1, 0.15) is 0 Å². The van der Waals surface area contributed by atoms with E-state index in [0.29, 0.717) is 11.4 Å². The smallest absolute Gasteiger partial charge is 0.239 e. The van der Waals surface area contributed by atoms with Gasteiger partial charge in [0.2, 0.25) is 10.0 Å². The molecular formula is C15H18N2O2S. The van der Waals surface area contributed by atoms with Crippen LogP contribution in [-0.2, 0) is 15.8 Å². The lowest BCUT2D eigenvalue weighted by molar-refractivity contribution is 0.593. The Morgan fingerprint density at radius 3 is 2.25 bits per heavy atom. The monoisotopic (exact) mass is 290 g/mol. The molecule has 0 radical (unpaired) electrons. The second kappa shape index (κ2) is 5.54. The van der Waals surface area contributed by atoms with Crippen LogP contribution < -0.4 is 10.0 Å². The minimum Gasteiger partial charge on any atom is -0.399 e. The summed E-state index contributed by atoms with van der Waals surface area (Å²) in [5.74, 6) is -0.0435. The van der Waals surface area contributed by atoms with Crippen LogP contribution in [0.1, 0.15) is 11.1 Å². The number of para-hydroxylation sites is 1. The molecule has 0 unspecified atom stereocenters. The third-order valence-electron chi connectivity index (χ3n) is 3.20. The van der Waals surface area contributed by atoms with Gasteiger partial charge in [-0.25, -0.2) is 8.42 Å². The predicted octanol–water partition coefficient (Wildman–Crippen LogP) is 2.54. The van der Waals surface area contributed by atoms with E-state index in [-0.39, 0.29) is 5.75 Å². The highest BCUT2D eigenvalue weighted by Crippen LogP contribution is 2.22. The number of rotatable bonds is 4. The average molecular weight is 290 g/mol. The lowest BCUT2D eigenvalue weighted by Gasteiger charge is -2.21. The second-order valence-corrected chi connectivity index (χ2v) is 6.75. The molecule has 0 bridgehead atoms. The molecule has 2 aromatic carbocycles. The summed E-state index contributed by atoms with van der Waals surface area (Å²) in [7, 11) is -1.83. The van der Waals surface area contributed by atoms with Crippen LogP contribution in [0, 0.1) is 6.92 Å². The summed E-state index contributed by atoms with van der Waals surface area (Å²) in [5.41, 5.74) is 8.57. The van der Waals surface area contributed by atoms with E-state index in [9.17, 15) is 8.42 Å². The van der Waals surface area contributed by atoms with Gasteiger partial charge in [0, 0.05) is 12.7 Å². The molecule has 0 amide bonds. The average Bonchev–Trinajstić information content (AvgIpc) is 2.41. The molecule has 2 aromatic rings.